The lowest BCUT2D eigenvalue weighted by Crippen LogP contribution is -2.10. The molecule has 0 aliphatic heterocycles. The Balaban J connectivity index is 1.65. The zero-order chi connectivity index (χ0) is 16.1. The third-order valence-electron chi connectivity index (χ3n) is 3.22. The van der Waals surface area contributed by atoms with Crippen molar-refractivity contribution in [1.29, 1.82) is 0 Å². The van der Waals surface area contributed by atoms with Crippen molar-refractivity contribution in [2.24, 2.45) is 0 Å². The molecule has 0 fully saturated rings. The third kappa shape index (κ3) is 3.63. The Bertz CT molecular complexity index is 811. The van der Waals surface area contributed by atoms with Crippen LogP contribution in [0.5, 0.6) is 17.4 Å². The number of hydrogen-bond acceptors (Lipinski definition) is 5. The second-order valence-electron chi connectivity index (χ2n) is 4.70. The van der Waals surface area contributed by atoms with E-state index in [1.807, 2.05) is 36.4 Å². The Morgan fingerprint density at radius 1 is 1.00 bits per heavy atom. The molecule has 0 N–H and O–H groups in total. The van der Waals surface area contributed by atoms with Gasteiger partial charge in [0.2, 0.25) is 5.88 Å². The summed E-state index contributed by atoms with van der Waals surface area (Å²) in [7, 11) is 1.63. The van der Waals surface area contributed by atoms with Gasteiger partial charge in [-0.2, -0.15) is 4.98 Å². The fourth-order valence-electron chi connectivity index (χ4n) is 2.24. The second-order valence-corrected chi connectivity index (χ2v) is 5.08. The van der Waals surface area contributed by atoms with Crippen LogP contribution in [0.2, 0.25) is 5.15 Å². The molecule has 0 saturated carbocycles. The lowest BCUT2D eigenvalue weighted by atomic mass is 10.1. The van der Waals surface area contributed by atoms with E-state index in [0.717, 1.165) is 10.8 Å². The fourth-order valence-corrected chi connectivity index (χ4v) is 2.38. The highest BCUT2D eigenvalue weighted by Gasteiger charge is 2.09. The van der Waals surface area contributed by atoms with Gasteiger partial charge in [0, 0.05) is 5.39 Å². The summed E-state index contributed by atoms with van der Waals surface area (Å²) >= 11 is 5.75. The van der Waals surface area contributed by atoms with E-state index in [-0.39, 0.29) is 0 Å². The van der Waals surface area contributed by atoms with Crippen LogP contribution >= 0.6 is 11.6 Å². The van der Waals surface area contributed by atoms with Crippen molar-refractivity contribution in [3.63, 3.8) is 0 Å². The predicted molar refractivity (Wildman–Crippen MR) is 88.5 cm³/mol. The van der Waals surface area contributed by atoms with Gasteiger partial charge < -0.3 is 14.2 Å². The van der Waals surface area contributed by atoms with Gasteiger partial charge in [-0.3, -0.25) is 4.98 Å². The summed E-state index contributed by atoms with van der Waals surface area (Å²) in [6.07, 6.45) is 2.95. The zero-order valence-corrected chi connectivity index (χ0v) is 13.3. The molecule has 118 valence electrons. The van der Waals surface area contributed by atoms with Gasteiger partial charge in [-0.05, 0) is 11.5 Å². The van der Waals surface area contributed by atoms with Crippen molar-refractivity contribution in [3.05, 3.63) is 53.9 Å². The zero-order valence-electron chi connectivity index (χ0n) is 12.5. The molecular formula is C17H15ClN2O3. The van der Waals surface area contributed by atoms with Crippen molar-refractivity contribution in [3.8, 4) is 17.4 Å². The molecule has 0 bridgehead atoms. The summed E-state index contributed by atoms with van der Waals surface area (Å²) < 4.78 is 16.7. The van der Waals surface area contributed by atoms with Crippen LogP contribution in [0, 0.1) is 0 Å². The summed E-state index contributed by atoms with van der Waals surface area (Å²) in [4.78, 5) is 7.90. The van der Waals surface area contributed by atoms with Gasteiger partial charge in [0.1, 0.15) is 13.2 Å². The van der Waals surface area contributed by atoms with E-state index in [1.54, 1.807) is 7.11 Å². The normalized spacial score (nSPS) is 10.5. The molecule has 0 amide bonds. The highest BCUT2D eigenvalue weighted by Crippen LogP contribution is 2.35. The van der Waals surface area contributed by atoms with Gasteiger partial charge in [-0.25, -0.2) is 0 Å². The predicted octanol–water partition coefficient (Wildman–Crippen LogP) is 3.75. The summed E-state index contributed by atoms with van der Waals surface area (Å²) in [5.41, 5.74) is 0. The maximum Gasteiger partial charge on any atom is 0.233 e. The SMILES string of the molecule is COc1c(OCCOc2cncc(Cl)n2)ccc2ccccc12. The number of benzene rings is 2. The number of hydrogen-bond donors (Lipinski definition) is 0. The Morgan fingerprint density at radius 3 is 2.65 bits per heavy atom. The topological polar surface area (TPSA) is 53.5 Å². The van der Waals surface area contributed by atoms with Crippen molar-refractivity contribution < 1.29 is 14.2 Å². The minimum absolute atomic E-state index is 0.291. The maximum atomic E-state index is 5.76. The van der Waals surface area contributed by atoms with Crippen LogP contribution in [0.1, 0.15) is 0 Å². The van der Waals surface area contributed by atoms with Crippen molar-refractivity contribution in [2.45, 2.75) is 0 Å². The number of methoxy groups -OCH3 is 1. The molecule has 5 nitrogen and oxygen atoms in total. The number of fused-ring (bicyclic) bond motifs is 1. The Labute approximate surface area is 138 Å². The first-order chi connectivity index (χ1) is 11.3. The molecule has 0 saturated heterocycles. The molecule has 0 aliphatic rings. The fraction of sp³-hybridized carbons (Fsp3) is 0.176. The minimum Gasteiger partial charge on any atom is -0.492 e. The van der Waals surface area contributed by atoms with Crippen LogP contribution in [0.15, 0.2) is 48.8 Å². The molecule has 1 aromatic heterocycles. The van der Waals surface area contributed by atoms with Crippen molar-refractivity contribution in [2.75, 3.05) is 20.3 Å². The number of nitrogens with zero attached hydrogens (tertiary/aromatic N) is 2. The molecule has 0 atom stereocenters. The van der Waals surface area contributed by atoms with Crippen LogP contribution in [-0.4, -0.2) is 30.3 Å². The van der Waals surface area contributed by atoms with Gasteiger partial charge >= 0.3 is 0 Å². The van der Waals surface area contributed by atoms with E-state index in [2.05, 4.69) is 9.97 Å². The largest absolute Gasteiger partial charge is 0.492 e. The second kappa shape index (κ2) is 7.15. The van der Waals surface area contributed by atoms with Gasteiger partial charge in [0.15, 0.2) is 16.7 Å². The van der Waals surface area contributed by atoms with Crippen LogP contribution in [0.4, 0.5) is 0 Å². The molecule has 23 heavy (non-hydrogen) atoms. The van der Waals surface area contributed by atoms with Gasteiger partial charge in [-0.15, -0.1) is 0 Å². The Hall–Kier alpha value is -2.53. The van der Waals surface area contributed by atoms with Crippen molar-refractivity contribution >= 4 is 22.4 Å². The smallest absolute Gasteiger partial charge is 0.233 e. The van der Waals surface area contributed by atoms with Crippen LogP contribution < -0.4 is 14.2 Å². The van der Waals surface area contributed by atoms with E-state index in [1.165, 1.54) is 12.4 Å². The summed E-state index contributed by atoms with van der Waals surface area (Å²) in [6.45, 7) is 0.675. The molecule has 0 unspecified atom stereocenters. The molecule has 0 spiro atoms. The molecule has 0 radical (unpaired) electrons. The summed E-state index contributed by atoms with van der Waals surface area (Å²) in [6, 6.07) is 11.9. The molecular weight excluding hydrogens is 316 g/mol. The number of rotatable bonds is 6. The quantitative estimate of drug-likeness (QED) is 0.644. The lowest BCUT2D eigenvalue weighted by molar-refractivity contribution is 0.206. The highest BCUT2D eigenvalue weighted by molar-refractivity contribution is 6.29. The Morgan fingerprint density at radius 2 is 1.83 bits per heavy atom. The summed E-state index contributed by atoms with van der Waals surface area (Å²) in [5.74, 6) is 1.75. The van der Waals surface area contributed by atoms with E-state index >= 15 is 0 Å². The first-order valence-corrected chi connectivity index (χ1v) is 7.44. The Kier molecular flexibility index (Phi) is 4.78. The summed E-state index contributed by atoms with van der Waals surface area (Å²) in [5, 5.41) is 2.40. The monoisotopic (exact) mass is 330 g/mol. The highest BCUT2D eigenvalue weighted by atomic mass is 35.5. The number of ether oxygens (including phenoxy) is 3. The van der Waals surface area contributed by atoms with Crippen molar-refractivity contribution in [1.82, 2.24) is 9.97 Å². The average molecular weight is 331 g/mol. The van der Waals surface area contributed by atoms with E-state index in [0.29, 0.717) is 35.7 Å². The maximum absolute atomic E-state index is 5.76. The first-order valence-electron chi connectivity index (χ1n) is 7.07. The van der Waals surface area contributed by atoms with Crippen LogP contribution in [0.25, 0.3) is 10.8 Å². The molecule has 2 aromatic carbocycles. The standard InChI is InChI=1S/C17H15ClN2O3/c1-21-17-13-5-3-2-4-12(13)6-7-14(17)22-8-9-23-16-11-19-10-15(18)20-16/h2-7,10-11H,8-9H2,1H3. The molecule has 0 aliphatic carbocycles. The molecule has 6 heteroatoms. The van der Waals surface area contributed by atoms with Crippen LogP contribution in [0.3, 0.4) is 0 Å². The number of halogens is 1. The van der Waals surface area contributed by atoms with E-state index in [4.69, 9.17) is 25.8 Å². The van der Waals surface area contributed by atoms with E-state index < -0.39 is 0 Å². The molecule has 3 aromatic rings. The van der Waals surface area contributed by atoms with Gasteiger partial charge in [0.05, 0.1) is 19.5 Å². The van der Waals surface area contributed by atoms with E-state index in [9.17, 15) is 0 Å². The lowest BCUT2D eigenvalue weighted by Gasteiger charge is -2.13. The van der Waals surface area contributed by atoms with Gasteiger partial charge in [0.25, 0.3) is 0 Å². The average Bonchev–Trinajstić information content (AvgIpc) is 2.58. The molecule has 1 heterocycles. The third-order valence-corrected chi connectivity index (χ3v) is 3.40. The first kappa shape index (κ1) is 15.4. The van der Waals surface area contributed by atoms with Gasteiger partial charge in [-0.1, -0.05) is 41.9 Å². The van der Waals surface area contributed by atoms with Crippen LogP contribution in [-0.2, 0) is 0 Å². The molecule has 3 rings (SSSR count). The number of aromatic nitrogens is 2. The minimum atomic E-state index is 0.291.